The Kier molecular flexibility index (Phi) is 4.03. The molecule has 5 nitrogen and oxygen atoms in total. The number of hydrogen-bond acceptors (Lipinski definition) is 3. The number of nitrogens with zero attached hydrogens (tertiary/aromatic N) is 1. The van der Waals surface area contributed by atoms with Gasteiger partial charge in [-0.15, -0.1) is 0 Å². The van der Waals surface area contributed by atoms with Gasteiger partial charge in [0.2, 0.25) is 0 Å². The average molecular weight is 376 g/mol. The van der Waals surface area contributed by atoms with Crippen LogP contribution in [-0.4, -0.2) is 22.4 Å². The molecular formula is C12H10FIN2O3. The van der Waals surface area contributed by atoms with Gasteiger partial charge in [0, 0.05) is 9.77 Å². The molecule has 0 spiro atoms. The molecule has 0 saturated carbocycles. The van der Waals surface area contributed by atoms with Crippen molar-refractivity contribution in [1.82, 2.24) is 9.78 Å². The molecule has 1 aromatic heterocycles. The van der Waals surface area contributed by atoms with Crippen LogP contribution in [0.2, 0.25) is 0 Å². The van der Waals surface area contributed by atoms with Crippen molar-refractivity contribution in [3.05, 3.63) is 49.7 Å². The van der Waals surface area contributed by atoms with Crippen molar-refractivity contribution >= 4 is 28.6 Å². The Labute approximate surface area is 121 Å². The van der Waals surface area contributed by atoms with Gasteiger partial charge in [0.15, 0.2) is 0 Å². The van der Waals surface area contributed by atoms with Crippen LogP contribution >= 0.6 is 22.6 Å². The van der Waals surface area contributed by atoms with E-state index in [1.807, 2.05) is 22.6 Å². The highest BCUT2D eigenvalue weighted by molar-refractivity contribution is 14.1. The van der Waals surface area contributed by atoms with Gasteiger partial charge < -0.3 is 4.74 Å². The molecule has 0 bridgehead atoms. The molecule has 0 atom stereocenters. The van der Waals surface area contributed by atoms with E-state index in [1.54, 1.807) is 13.0 Å². The lowest BCUT2D eigenvalue weighted by molar-refractivity contribution is 0.0525. The van der Waals surface area contributed by atoms with Crippen molar-refractivity contribution in [2.75, 3.05) is 6.61 Å². The van der Waals surface area contributed by atoms with E-state index in [4.69, 9.17) is 4.74 Å². The highest BCUT2D eigenvalue weighted by Crippen LogP contribution is 2.13. The molecule has 100 valence electrons. The molecule has 7 heteroatoms. The minimum atomic E-state index is -0.700. The lowest BCUT2D eigenvalue weighted by Crippen LogP contribution is -2.21. The first-order chi connectivity index (χ1) is 9.02. The Morgan fingerprint density at radius 2 is 2.21 bits per heavy atom. The Balaban J connectivity index is 2.47. The quantitative estimate of drug-likeness (QED) is 0.659. The highest BCUT2D eigenvalue weighted by atomic mass is 127. The first-order valence-electron chi connectivity index (χ1n) is 5.47. The van der Waals surface area contributed by atoms with Crippen LogP contribution in [0.1, 0.15) is 17.3 Å². The number of esters is 1. The minimum Gasteiger partial charge on any atom is -0.462 e. The van der Waals surface area contributed by atoms with E-state index in [1.165, 1.54) is 18.3 Å². The van der Waals surface area contributed by atoms with Crippen LogP contribution in [0.15, 0.2) is 29.2 Å². The van der Waals surface area contributed by atoms with E-state index in [2.05, 4.69) is 5.10 Å². The monoisotopic (exact) mass is 376 g/mol. The molecule has 0 fully saturated rings. The Bertz CT molecular complexity index is 658. The van der Waals surface area contributed by atoms with Gasteiger partial charge in [-0.2, -0.15) is 0 Å². The second-order valence-corrected chi connectivity index (χ2v) is 4.92. The zero-order valence-electron chi connectivity index (χ0n) is 9.94. The van der Waals surface area contributed by atoms with E-state index in [0.717, 1.165) is 4.68 Å². The third kappa shape index (κ3) is 2.86. The molecule has 2 aromatic rings. The number of halogens is 2. The summed E-state index contributed by atoms with van der Waals surface area (Å²) in [5.41, 5.74) is -0.356. The Hall–Kier alpha value is -1.64. The highest BCUT2D eigenvalue weighted by Gasteiger charge is 2.16. The van der Waals surface area contributed by atoms with E-state index in [-0.39, 0.29) is 12.2 Å². The number of aromatic nitrogens is 2. The lowest BCUT2D eigenvalue weighted by atomic mass is 10.3. The lowest BCUT2D eigenvalue weighted by Gasteiger charge is -2.02. The number of carbonyl (C=O) groups is 1. The summed E-state index contributed by atoms with van der Waals surface area (Å²) in [6.07, 6.45) is 1.25. The maximum Gasteiger partial charge on any atom is 0.345 e. The maximum absolute atomic E-state index is 13.3. The first-order valence-corrected chi connectivity index (χ1v) is 6.55. The number of nitrogens with one attached hydrogen (secondary N) is 1. The summed E-state index contributed by atoms with van der Waals surface area (Å²) < 4.78 is 19.8. The smallest absolute Gasteiger partial charge is 0.345 e. The largest absolute Gasteiger partial charge is 0.462 e. The summed E-state index contributed by atoms with van der Waals surface area (Å²) in [6.45, 7) is 1.83. The molecule has 0 radical (unpaired) electrons. The van der Waals surface area contributed by atoms with E-state index in [0.29, 0.717) is 9.26 Å². The number of rotatable bonds is 3. The molecular weight excluding hydrogens is 366 g/mol. The molecule has 0 aliphatic carbocycles. The van der Waals surface area contributed by atoms with Gasteiger partial charge in [0.1, 0.15) is 11.4 Å². The van der Waals surface area contributed by atoms with Crippen molar-refractivity contribution in [2.45, 2.75) is 6.92 Å². The summed E-state index contributed by atoms with van der Waals surface area (Å²) in [5, 5.41) is 2.62. The molecule has 2 rings (SSSR count). The van der Waals surface area contributed by atoms with Gasteiger partial charge in [0.25, 0.3) is 5.56 Å². The molecule has 19 heavy (non-hydrogen) atoms. The molecule has 1 heterocycles. The van der Waals surface area contributed by atoms with E-state index >= 15 is 0 Å². The average Bonchev–Trinajstić information content (AvgIpc) is 2.70. The van der Waals surface area contributed by atoms with Crippen LogP contribution in [0, 0.1) is 9.39 Å². The zero-order chi connectivity index (χ0) is 14.0. The fourth-order valence-electron chi connectivity index (χ4n) is 1.59. The van der Waals surface area contributed by atoms with Gasteiger partial charge >= 0.3 is 5.97 Å². The van der Waals surface area contributed by atoms with Crippen LogP contribution in [-0.2, 0) is 4.74 Å². The van der Waals surface area contributed by atoms with Crippen LogP contribution in [0.5, 0.6) is 0 Å². The topological polar surface area (TPSA) is 64.1 Å². The zero-order valence-corrected chi connectivity index (χ0v) is 12.1. The van der Waals surface area contributed by atoms with Crippen molar-refractivity contribution < 1.29 is 13.9 Å². The summed E-state index contributed by atoms with van der Waals surface area (Å²) in [7, 11) is 0. The third-order valence-electron chi connectivity index (χ3n) is 2.37. The van der Waals surface area contributed by atoms with Crippen LogP contribution in [0.3, 0.4) is 0 Å². The fourth-order valence-corrected chi connectivity index (χ4v) is 2.20. The van der Waals surface area contributed by atoms with E-state index < -0.39 is 17.3 Å². The van der Waals surface area contributed by atoms with E-state index in [9.17, 15) is 14.0 Å². The summed E-state index contributed by atoms with van der Waals surface area (Å²) in [5.74, 6) is -1.16. The van der Waals surface area contributed by atoms with Gasteiger partial charge in [-0.3, -0.25) is 9.89 Å². The van der Waals surface area contributed by atoms with Crippen molar-refractivity contribution in [1.29, 1.82) is 0 Å². The normalized spacial score (nSPS) is 10.5. The van der Waals surface area contributed by atoms with Crippen molar-refractivity contribution in [2.24, 2.45) is 0 Å². The third-order valence-corrected chi connectivity index (χ3v) is 3.00. The second kappa shape index (κ2) is 5.55. The Morgan fingerprint density at radius 1 is 1.47 bits per heavy atom. The number of hydrogen-bond donors (Lipinski definition) is 1. The summed E-state index contributed by atoms with van der Waals surface area (Å²) in [4.78, 5) is 23.5. The summed E-state index contributed by atoms with van der Waals surface area (Å²) >= 11 is 1.94. The molecule has 0 unspecified atom stereocenters. The van der Waals surface area contributed by atoms with Gasteiger partial charge in [-0.05, 0) is 47.7 Å². The molecule has 0 saturated heterocycles. The fraction of sp³-hybridized carbons (Fsp3) is 0.167. The number of carbonyl (C=O) groups excluding carboxylic acids is 1. The molecule has 0 aliphatic rings. The predicted octanol–water partition coefficient (Wildman–Crippen LogP) is 2.09. The second-order valence-electron chi connectivity index (χ2n) is 3.68. The predicted molar refractivity (Wildman–Crippen MR) is 75.0 cm³/mol. The van der Waals surface area contributed by atoms with Gasteiger partial charge in [0.05, 0.1) is 12.3 Å². The van der Waals surface area contributed by atoms with Crippen LogP contribution in [0.4, 0.5) is 4.39 Å². The first kappa shape index (κ1) is 13.8. The van der Waals surface area contributed by atoms with Crippen molar-refractivity contribution in [3.8, 4) is 5.69 Å². The number of benzene rings is 1. The molecule has 1 N–H and O–H groups in total. The summed E-state index contributed by atoms with van der Waals surface area (Å²) in [6, 6.07) is 4.16. The number of ether oxygens (including phenoxy) is 1. The van der Waals surface area contributed by atoms with Gasteiger partial charge in [-0.1, -0.05) is 0 Å². The molecule has 0 amide bonds. The Morgan fingerprint density at radius 3 is 2.84 bits per heavy atom. The van der Waals surface area contributed by atoms with Gasteiger partial charge in [-0.25, -0.2) is 13.9 Å². The number of aromatic amines is 1. The SMILES string of the molecule is CCOC(=O)c1c[nH]n(-c2cc(F)cc(I)c2)c1=O. The van der Waals surface area contributed by atoms with Crippen LogP contribution < -0.4 is 5.56 Å². The molecule has 1 aromatic carbocycles. The van der Waals surface area contributed by atoms with Crippen LogP contribution in [0.25, 0.3) is 5.69 Å². The van der Waals surface area contributed by atoms with Crippen molar-refractivity contribution in [3.63, 3.8) is 0 Å². The molecule has 0 aliphatic heterocycles. The minimum absolute atomic E-state index is 0.110. The standard InChI is InChI=1S/C12H10FIN2O3/c1-2-19-12(18)10-6-15-16(11(10)17)9-4-7(13)3-8(14)5-9/h3-6,15H,2H2,1H3. The number of H-pyrrole nitrogens is 1. The maximum atomic E-state index is 13.3.